The zero-order valence-corrected chi connectivity index (χ0v) is 17.1. The fourth-order valence-corrected chi connectivity index (χ4v) is 5.37. The van der Waals surface area contributed by atoms with Gasteiger partial charge in [0.25, 0.3) is 0 Å². The number of carbonyl (C=O) groups excluding carboxylic acids is 2. The van der Waals surface area contributed by atoms with E-state index in [1.54, 1.807) is 0 Å². The molecule has 4 atom stereocenters. The summed E-state index contributed by atoms with van der Waals surface area (Å²) in [6.45, 7) is 4.48. The van der Waals surface area contributed by atoms with Crippen molar-refractivity contribution in [2.24, 2.45) is 11.8 Å². The van der Waals surface area contributed by atoms with E-state index in [9.17, 15) is 14.4 Å². The molecule has 8 heteroatoms. The smallest absolute Gasteiger partial charge is 0.315 e. The van der Waals surface area contributed by atoms with Gasteiger partial charge in [-0.1, -0.05) is 26.7 Å². The van der Waals surface area contributed by atoms with Crippen LogP contribution in [0.4, 0.5) is 4.79 Å². The second-order valence-corrected chi connectivity index (χ2v) is 9.17. The van der Waals surface area contributed by atoms with Crippen LogP contribution in [0.1, 0.15) is 58.8 Å². The maximum Gasteiger partial charge on any atom is 0.315 e. The number of aliphatic carboxylic acids is 1. The molecule has 4 unspecified atom stereocenters. The summed E-state index contributed by atoms with van der Waals surface area (Å²) in [5, 5.41) is 18.5. The first-order valence-corrected chi connectivity index (χ1v) is 11.1. The number of rotatable bonds is 12. The standard InChI is InChI=1S/C19H33N3O4S/c1-12(2)13(18(24)25)7-5-6-10-20-16(23)9-4-3-8-15-17-14(11-27-15)21-19(26)22-17/h12-15,17H,3-11H2,1-2H3,(H,20,23)(H,24,25)(H2,21,22,26). The topological polar surface area (TPSA) is 108 Å². The average Bonchev–Trinajstić information content (AvgIpc) is 3.13. The Bertz CT molecular complexity index is 529. The third-order valence-electron chi connectivity index (χ3n) is 5.47. The van der Waals surface area contributed by atoms with Crippen LogP contribution in [0.25, 0.3) is 0 Å². The normalized spacial score (nSPS) is 25.0. The van der Waals surface area contributed by atoms with Crippen molar-refractivity contribution < 1.29 is 19.5 Å². The van der Waals surface area contributed by atoms with Crippen molar-refractivity contribution in [3.63, 3.8) is 0 Å². The van der Waals surface area contributed by atoms with Gasteiger partial charge in [-0.25, -0.2) is 4.79 Å². The van der Waals surface area contributed by atoms with Crippen molar-refractivity contribution in [1.29, 1.82) is 0 Å². The van der Waals surface area contributed by atoms with E-state index in [1.807, 2.05) is 25.6 Å². The number of fused-ring (bicyclic) bond motifs is 1. The van der Waals surface area contributed by atoms with E-state index >= 15 is 0 Å². The Morgan fingerprint density at radius 3 is 2.70 bits per heavy atom. The maximum absolute atomic E-state index is 11.9. The van der Waals surface area contributed by atoms with Gasteiger partial charge in [0.2, 0.25) is 5.91 Å². The summed E-state index contributed by atoms with van der Waals surface area (Å²) in [5.74, 6) is 0.149. The first-order valence-electron chi connectivity index (χ1n) is 10.1. The minimum Gasteiger partial charge on any atom is -0.481 e. The molecule has 0 aromatic rings. The summed E-state index contributed by atoms with van der Waals surface area (Å²) in [4.78, 5) is 34.4. The van der Waals surface area contributed by atoms with Gasteiger partial charge >= 0.3 is 12.0 Å². The molecule has 154 valence electrons. The van der Waals surface area contributed by atoms with Gasteiger partial charge in [-0.15, -0.1) is 0 Å². The quantitative estimate of drug-likeness (QED) is 0.298. The van der Waals surface area contributed by atoms with E-state index in [0.29, 0.717) is 24.6 Å². The highest BCUT2D eigenvalue weighted by atomic mass is 32.2. The SMILES string of the molecule is CC(C)C(CCCCNC(=O)CCCCC1SCC2NC(=O)NC21)C(=O)O. The minimum atomic E-state index is -0.728. The lowest BCUT2D eigenvalue weighted by Crippen LogP contribution is -2.36. The van der Waals surface area contributed by atoms with Crippen LogP contribution in [-0.2, 0) is 9.59 Å². The third kappa shape index (κ3) is 6.90. The molecule has 3 amide bonds. The molecule has 0 aromatic heterocycles. The molecule has 2 saturated heterocycles. The molecular formula is C19H33N3O4S. The number of amides is 3. The Morgan fingerprint density at radius 1 is 1.22 bits per heavy atom. The highest BCUT2D eigenvalue weighted by Gasteiger charge is 2.42. The number of hydrogen-bond acceptors (Lipinski definition) is 4. The van der Waals surface area contributed by atoms with Crippen molar-refractivity contribution in [2.45, 2.75) is 76.1 Å². The zero-order chi connectivity index (χ0) is 19.8. The number of carboxylic acids is 1. The highest BCUT2D eigenvalue weighted by molar-refractivity contribution is 8.00. The minimum absolute atomic E-state index is 0.0576. The molecule has 7 nitrogen and oxygen atoms in total. The molecule has 0 aromatic carbocycles. The first kappa shape index (κ1) is 21.9. The Balaban J connectivity index is 1.48. The lowest BCUT2D eigenvalue weighted by Gasteiger charge is -2.16. The third-order valence-corrected chi connectivity index (χ3v) is 6.98. The Hall–Kier alpha value is -1.44. The fourth-order valence-electron chi connectivity index (χ4n) is 3.82. The van der Waals surface area contributed by atoms with Gasteiger partial charge < -0.3 is 21.1 Å². The largest absolute Gasteiger partial charge is 0.481 e. The first-order chi connectivity index (χ1) is 12.9. The van der Waals surface area contributed by atoms with Crippen molar-refractivity contribution >= 4 is 29.7 Å². The van der Waals surface area contributed by atoms with E-state index < -0.39 is 5.97 Å². The van der Waals surface area contributed by atoms with E-state index in [2.05, 4.69) is 16.0 Å². The van der Waals surface area contributed by atoms with Crippen LogP contribution < -0.4 is 16.0 Å². The molecule has 2 fully saturated rings. The van der Waals surface area contributed by atoms with Gasteiger partial charge in [-0.2, -0.15) is 11.8 Å². The van der Waals surface area contributed by atoms with Crippen LogP contribution in [-0.4, -0.2) is 52.6 Å². The molecule has 2 rings (SSSR count). The van der Waals surface area contributed by atoms with Crippen molar-refractivity contribution in [2.75, 3.05) is 12.3 Å². The molecule has 2 heterocycles. The van der Waals surface area contributed by atoms with Gasteiger partial charge in [-0.3, -0.25) is 9.59 Å². The van der Waals surface area contributed by atoms with Crippen LogP contribution in [0.5, 0.6) is 0 Å². The van der Waals surface area contributed by atoms with E-state index in [-0.39, 0.29) is 35.9 Å². The number of thioether (sulfide) groups is 1. The predicted molar refractivity (Wildman–Crippen MR) is 107 cm³/mol. The van der Waals surface area contributed by atoms with Gasteiger partial charge in [-0.05, 0) is 31.6 Å². The van der Waals surface area contributed by atoms with Crippen molar-refractivity contribution in [1.82, 2.24) is 16.0 Å². The van der Waals surface area contributed by atoms with Crippen LogP contribution in [0.15, 0.2) is 0 Å². The molecule has 4 N–H and O–H groups in total. The summed E-state index contributed by atoms with van der Waals surface area (Å²) >= 11 is 1.90. The zero-order valence-electron chi connectivity index (χ0n) is 16.3. The van der Waals surface area contributed by atoms with E-state index in [0.717, 1.165) is 37.9 Å². The second kappa shape index (κ2) is 10.8. The van der Waals surface area contributed by atoms with Crippen molar-refractivity contribution in [3.8, 4) is 0 Å². The second-order valence-electron chi connectivity index (χ2n) is 7.90. The summed E-state index contributed by atoms with van der Waals surface area (Å²) in [6, 6.07) is 0.432. The van der Waals surface area contributed by atoms with E-state index in [1.165, 1.54) is 0 Å². The average molecular weight is 400 g/mol. The van der Waals surface area contributed by atoms with Gasteiger partial charge in [0.05, 0.1) is 18.0 Å². The molecule has 0 spiro atoms. The molecule has 2 aliphatic rings. The summed E-state index contributed by atoms with van der Waals surface area (Å²) in [7, 11) is 0. The Kier molecular flexibility index (Phi) is 8.73. The number of carboxylic acid groups (broad SMARTS) is 1. The lowest BCUT2D eigenvalue weighted by atomic mass is 9.91. The Labute approximate surface area is 165 Å². The molecular weight excluding hydrogens is 366 g/mol. The van der Waals surface area contributed by atoms with Crippen LogP contribution in [0, 0.1) is 11.8 Å². The van der Waals surface area contributed by atoms with Crippen LogP contribution >= 0.6 is 11.8 Å². The number of urea groups is 1. The number of unbranched alkanes of at least 4 members (excludes halogenated alkanes) is 2. The summed E-state index contributed by atoms with van der Waals surface area (Å²) < 4.78 is 0. The summed E-state index contributed by atoms with van der Waals surface area (Å²) in [5.41, 5.74) is 0. The number of nitrogens with one attached hydrogen (secondary N) is 3. The molecule has 0 bridgehead atoms. The van der Waals surface area contributed by atoms with Crippen LogP contribution in [0.3, 0.4) is 0 Å². The number of hydrogen-bond donors (Lipinski definition) is 4. The fraction of sp³-hybridized carbons (Fsp3) is 0.842. The monoisotopic (exact) mass is 399 g/mol. The van der Waals surface area contributed by atoms with Gasteiger partial charge in [0, 0.05) is 24.0 Å². The van der Waals surface area contributed by atoms with Gasteiger partial charge in [0.15, 0.2) is 0 Å². The highest BCUT2D eigenvalue weighted by Crippen LogP contribution is 2.33. The predicted octanol–water partition coefficient (Wildman–Crippen LogP) is 2.36. The number of carbonyl (C=O) groups is 3. The molecule has 0 saturated carbocycles. The van der Waals surface area contributed by atoms with Gasteiger partial charge in [0.1, 0.15) is 0 Å². The lowest BCUT2D eigenvalue weighted by molar-refractivity contribution is -0.143. The Morgan fingerprint density at radius 2 is 2.00 bits per heavy atom. The molecule has 0 radical (unpaired) electrons. The van der Waals surface area contributed by atoms with Crippen molar-refractivity contribution in [3.05, 3.63) is 0 Å². The van der Waals surface area contributed by atoms with Crippen LogP contribution in [0.2, 0.25) is 0 Å². The van der Waals surface area contributed by atoms with E-state index in [4.69, 9.17) is 5.11 Å². The summed E-state index contributed by atoms with van der Waals surface area (Å²) in [6.07, 6.45) is 5.69. The maximum atomic E-state index is 11.9. The molecule has 2 aliphatic heterocycles. The molecule has 0 aliphatic carbocycles. The molecule has 27 heavy (non-hydrogen) atoms.